The maximum Gasteiger partial charge on any atom is 0.150 e. The summed E-state index contributed by atoms with van der Waals surface area (Å²) in [7, 11) is 0. The first-order chi connectivity index (χ1) is 16.1. The number of nitriles is 1. The molecular weight excluding hydrogens is 448 g/mol. The van der Waals surface area contributed by atoms with Crippen LogP contribution >= 0.6 is 22.7 Å². The second-order valence-corrected chi connectivity index (χ2v) is 9.93. The Balaban J connectivity index is 1.48. The van der Waals surface area contributed by atoms with E-state index in [1.54, 1.807) is 28.9 Å². The summed E-state index contributed by atoms with van der Waals surface area (Å²) in [6, 6.07) is 18.4. The SMILES string of the molecule is Cc1c(Nc2c(C#N)cnc3sc(-c4cc5cc(C=O)ccc5s4)cc23)ccc2[nH]ccc12. The van der Waals surface area contributed by atoms with Crippen LogP contribution in [0.1, 0.15) is 21.5 Å². The van der Waals surface area contributed by atoms with Crippen LogP contribution in [0.25, 0.3) is 41.0 Å². The van der Waals surface area contributed by atoms with E-state index in [1.165, 1.54) is 0 Å². The van der Waals surface area contributed by atoms with Gasteiger partial charge in [0.1, 0.15) is 17.2 Å². The van der Waals surface area contributed by atoms with Crippen molar-refractivity contribution in [2.24, 2.45) is 0 Å². The third-order valence-corrected chi connectivity index (χ3v) is 8.22. The first kappa shape index (κ1) is 19.7. The minimum Gasteiger partial charge on any atom is -0.361 e. The molecule has 0 atom stereocenters. The fourth-order valence-electron chi connectivity index (χ4n) is 4.14. The molecule has 6 aromatic rings. The normalized spacial score (nSPS) is 11.3. The molecule has 0 aliphatic rings. The zero-order chi connectivity index (χ0) is 22.5. The number of aryl methyl sites for hydroxylation is 1. The minimum atomic E-state index is 0.507. The van der Waals surface area contributed by atoms with Gasteiger partial charge >= 0.3 is 0 Å². The first-order valence-electron chi connectivity index (χ1n) is 10.3. The number of benzene rings is 2. The van der Waals surface area contributed by atoms with Gasteiger partial charge in [-0.05, 0) is 60.3 Å². The number of aromatic amines is 1. The Hall–Kier alpha value is -3.99. The van der Waals surface area contributed by atoms with Crippen molar-refractivity contribution >= 4 is 71.5 Å². The molecule has 2 aromatic carbocycles. The highest BCUT2D eigenvalue weighted by atomic mass is 32.1. The number of H-pyrrole nitrogens is 1. The van der Waals surface area contributed by atoms with E-state index in [0.717, 1.165) is 64.2 Å². The molecular formula is C26H16N4OS2. The molecule has 7 heteroatoms. The Morgan fingerprint density at radius 2 is 1.94 bits per heavy atom. The number of carbonyl (C=O) groups excluding carboxylic acids is 1. The highest BCUT2D eigenvalue weighted by Gasteiger charge is 2.16. The molecule has 0 bridgehead atoms. The summed E-state index contributed by atoms with van der Waals surface area (Å²) < 4.78 is 1.13. The van der Waals surface area contributed by atoms with Crippen LogP contribution in [0.5, 0.6) is 0 Å². The predicted molar refractivity (Wildman–Crippen MR) is 137 cm³/mol. The van der Waals surface area contributed by atoms with Gasteiger partial charge in [0.2, 0.25) is 0 Å². The minimum absolute atomic E-state index is 0.507. The summed E-state index contributed by atoms with van der Waals surface area (Å²) in [5, 5.41) is 16.4. The van der Waals surface area contributed by atoms with Crippen LogP contribution in [0.3, 0.4) is 0 Å². The van der Waals surface area contributed by atoms with Crippen molar-refractivity contribution in [2.45, 2.75) is 6.92 Å². The molecule has 4 heterocycles. The van der Waals surface area contributed by atoms with E-state index in [-0.39, 0.29) is 0 Å². The Labute approximate surface area is 196 Å². The van der Waals surface area contributed by atoms with Gasteiger partial charge < -0.3 is 10.3 Å². The third-order valence-electron chi connectivity index (χ3n) is 5.87. The van der Waals surface area contributed by atoms with E-state index in [9.17, 15) is 10.1 Å². The number of fused-ring (bicyclic) bond motifs is 3. The average Bonchev–Trinajstić information content (AvgIpc) is 3.57. The Kier molecular flexibility index (Phi) is 4.50. The predicted octanol–water partition coefficient (Wildman–Crippen LogP) is 7.40. The largest absolute Gasteiger partial charge is 0.361 e. The van der Waals surface area contributed by atoms with Gasteiger partial charge in [0.05, 0.1) is 11.3 Å². The van der Waals surface area contributed by atoms with Gasteiger partial charge in [-0.25, -0.2) is 4.98 Å². The van der Waals surface area contributed by atoms with Gasteiger partial charge in [0.15, 0.2) is 0 Å². The van der Waals surface area contributed by atoms with Crippen LogP contribution in [-0.4, -0.2) is 16.3 Å². The van der Waals surface area contributed by atoms with Gasteiger partial charge in [-0.2, -0.15) is 5.26 Å². The second-order valence-electron chi connectivity index (χ2n) is 7.82. The van der Waals surface area contributed by atoms with Crippen molar-refractivity contribution in [3.8, 4) is 15.8 Å². The molecule has 33 heavy (non-hydrogen) atoms. The number of pyridine rings is 1. The van der Waals surface area contributed by atoms with Crippen molar-refractivity contribution in [1.29, 1.82) is 5.26 Å². The van der Waals surface area contributed by atoms with Crippen molar-refractivity contribution in [3.05, 3.63) is 77.6 Å². The molecule has 0 radical (unpaired) electrons. The van der Waals surface area contributed by atoms with E-state index in [4.69, 9.17) is 0 Å². The van der Waals surface area contributed by atoms with Gasteiger partial charge in [0, 0.05) is 54.4 Å². The average molecular weight is 465 g/mol. The zero-order valence-corrected chi connectivity index (χ0v) is 19.1. The second kappa shape index (κ2) is 7.55. The lowest BCUT2D eigenvalue weighted by molar-refractivity contribution is 0.112. The summed E-state index contributed by atoms with van der Waals surface area (Å²) in [6.07, 6.45) is 4.44. The number of rotatable bonds is 4. The summed E-state index contributed by atoms with van der Waals surface area (Å²) in [5.74, 6) is 0. The number of aromatic nitrogens is 2. The van der Waals surface area contributed by atoms with Crippen LogP contribution in [0.2, 0.25) is 0 Å². The number of nitrogens with zero attached hydrogens (tertiary/aromatic N) is 2. The van der Waals surface area contributed by atoms with Crippen LogP contribution in [0.15, 0.2) is 60.9 Å². The molecule has 0 aliphatic heterocycles. The summed E-state index contributed by atoms with van der Waals surface area (Å²) in [5.41, 5.74) is 5.11. The smallest absolute Gasteiger partial charge is 0.150 e. The third kappa shape index (κ3) is 3.20. The van der Waals surface area contributed by atoms with Gasteiger partial charge in [-0.15, -0.1) is 22.7 Å². The number of carbonyl (C=O) groups is 1. The van der Waals surface area contributed by atoms with Gasteiger partial charge in [-0.3, -0.25) is 4.79 Å². The van der Waals surface area contributed by atoms with E-state index in [1.807, 2.05) is 36.5 Å². The van der Waals surface area contributed by atoms with Gasteiger partial charge in [-0.1, -0.05) is 6.07 Å². The number of aldehydes is 1. The molecule has 4 aromatic heterocycles. The van der Waals surface area contributed by atoms with E-state index in [2.05, 4.69) is 46.5 Å². The molecule has 158 valence electrons. The lowest BCUT2D eigenvalue weighted by atomic mass is 10.1. The zero-order valence-electron chi connectivity index (χ0n) is 17.5. The van der Waals surface area contributed by atoms with Gasteiger partial charge in [0.25, 0.3) is 0 Å². The molecule has 0 saturated heterocycles. The fraction of sp³-hybridized carbons (Fsp3) is 0.0385. The molecule has 0 spiro atoms. The molecule has 2 N–H and O–H groups in total. The van der Waals surface area contributed by atoms with Crippen LogP contribution in [0.4, 0.5) is 11.4 Å². The van der Waals surface area contributed by atoms with E-state index >= 15 is 0 Å². The van der Waals surface area contributed by atoms with E-state index in [0.29, 0.717) is 11.1 Å². The first-order valence-corrected chi connectivity index (χ1v) is 11.9. The maximum absolute atomic E-state index is 11.1. The number of hydrogen-bond acceptors (Lipinski definition) is 6. The van der Waals surface area contributed by atoms with E-state index < -0.39 is 0 Å². The topological polar surface area (TPSA) is 81.6 Å². The van der Waals surface area contributed by atoms with Crippen molar-refractivity contribution in [1.82, 2.24) is 9.97 Å². The Morgan fingerprint density at radius 3 is 2.79 bits per heavy atom. The molecule has 0 unspecified atom stereocenters. The number of anilines is 2. The highest BCUT2D eigenvalue weighted by molar-refractivity contribution is 7.28. The number of hydrogen-bond donors (Lipinski definition) is 2. The quantitative estimate of drug-likeness (QED) is 0.266. The molecule has 0 amide bonds. The van der Waals surface area contributed by atoms with Crippen molar-refractivity contribution < 1.29 is 4.79 Å². The summed E-state index contributed by atoms with van der Waals surface area (Å²) in [6.45, 7) is 2.08. The standard InChI is InChI=1S/C26H16N4OS2/c1-14-18-6-7-28-21(18)4-3-20(14)30-25-17(11-27)12-29-26-19(25)10-24(33-26)23-9-16-8-15(13-31)2-5-22(16)32-23/h2-10,12-13,28H,1H3,(H,29,30). The Morgan fingerprint density at radius 1 is 1.06 bits per heavy atom. The fourth-order valence-corrected chi connectivity index (χ4v) is 6.27. The monoisotopic (exact) mass is 464 g/mol. The maximum atomic E-state index is 11.1. The molecule has 0 aliphatic carbocycles. The van der Waals surface area contributed by atoms with Crippen LogP contribution < -0.4 is 5.32 Å². The highest BCUT2D eigenvalue weighted by Crippen LogP contribution is 2.42. The number of thiophene rings is 2. The lowest BCUT2D eigenvalue weighted by Gasteiger charge is -2.12. The Bertz CT molecular complexity index is 1750. The molecule has 6 rings (SSSR count). The lowest BCUT2D eigenvalue weighted by Crippen LogP contribution is -1.97. The van der Waals surface area contributed by atoms with Crippen molar-refractivity contribution in [3.63, 3.8) is 0 Å². The molecule has 0 saturated carbocycles. The van der Waals surface area contributed by atoms with Crippen LogP contribution in [-0.2, 0) is 0 Å². The molecule has 5 nitrogen and oxygen atoms in total. The molecule has 0 fully saturated rings. The number of nitrogens with one attached hydrogen (secondary N) is 2. The van der Waals surface area contributed by atoms with Crippen molar-refractivity contribution in [2.75, 3.05) is 5.32 Å². The summed E-state index contributed by atoms with van der Waals surface area (Å²) >= 11 is 3.29. The summed E-state index contributed by atoms with van der Waals surface area (Å²) in [4.78, 5) is 22.0. The van der Waals surface area contributed by atoms with Crippen LogP contribution in [0, 0.1) is 18.3 Å².